The Bertz CT molecular complexity index is 482. The first kappa shape index (κ1) is 16.7. The minimum Gasteiger partial charge on any atom is -0.478 e. The molecular weight excluding hydrogens is 322 g/mol. The maximum absolute atomic E-state index is 12.2. The lowest BCUT2D eigenvalue weighted by atomic mass is 9.97. The molecule has 5 heteroatoms. The van der Waals surface area contributed by atoms with Crippen molar-refractivity contribution in [3.8, 4) is 0 Å². The standard InChI is InChI=1S/C15H20BrNO3/c1-3-5-10(6-4-2)14(18)17-13-8-7-11(16)9-12(13)15(19)20/h7-10H,3-6H2,1-2H3,(H,17,18)(H,19,20). The molecule has 0 atom stereocenters. The third kappa shape index (κ3) is 4.63. The fraction of sp³-hybridized carbons (Fsp3) is 0.467. The molecule has 1 amide bonds. The molecule has 110 valence electrons. The summed E-state index contributed by atoms with van der Waals surface area (Å²) in [5.41, 5.74) is 0.447. The van der Waals surface area contributed by atoms with Crippen LogP contribution in [0.25, 0.3) is 0 Å². The predicted octanol–water partition coefficient (Wildman–Crippen LogP) is 4.30. The first-order valence-electron chi connectivity index (χ1n) is 6.83. The Morgan fingerprint density at radius 2 is 1.85 bits per heavy atom. The van der Waals surface area contributed by atoms with Crippen LogP contribution in [0, 0.1) is 5.92 Å². The molecule has 20 heavy (non-hydrogen) atoms. The van der Waals surface area contributed by atoms with Crippen molar-refractivity contribution in [3.05, 3.63) is 28.2 Å². The molecule has 0 fully saturated rings. The molecule has 0 aliphatic carbocycles. The molecule has 0 bridgehead atoms. The molecule has 0 aromatic heterocycles. The van der Waals surface area contributed by atoms with E-state index in [0.717, 1.165) is 25.7 Å². The van der Waals surface area contributed by atoms with E-state index in [-0.39, 0.29) is 17.4 Å². The van der Waals surface area contributed by atoms with Crippen LogP contribution in [0.2, 0.25) is 0 Å². The van der Waals surface area contributed by atoms with Gasteiger partial charge in [0.15, 0.2) is 0 Å². The van der Waals surface area contributed by atoms with E-state index in [1.165, 1.54) is 6.07 Å². The molecule has 0 aliphatic rings. The fourth-order valence-corrected chi connectivity index (χ4v) is 2.50. The Labute approximate surface area is 127 Å². The van der Waals surface area contributed by atoms with Crippen LogP contribution in [0.3, 0.4) is 0 Å². The summed E-state index contributed by atoms with van der Waals surface area (Å²) >= 11 is 3.23. The smallest absolute Gasteiger partial charge is 0.337 e. The highest BCUT2D eigenvalue weighted by Gasteiger charge is 2.19. The van der Waals surface area contributed by atoms with E-state index in [4.69, 9.17) is 0 Å². The van der Waals surface area contributed by atoms with Gasteiger partial charge in [0.2, 0.25) is 5.91 Å². The Hall–Kier alpha value is -1.36. The SMILES string of the molecule is CCCC(CCC)C(=O)Nc1ccc(Br)cc1C(=O)O. The number of amides is 1. The molecule has 2 N–H and O–H groups in total. The fourth-order valence-electron chi connectivity index (χ4n) is 2.14. The van der Waals surface area contributed by atoms with Gasteiger partial charge in [-0.05, 0) is 31.0 Å². The van der Waals surface area contributed by atoms with Crippen molar-refractivity contribution in [2.45, 2.75) is 39.5 Å². The van der Waals surface area contributed by atoms with Crippen molar-refractivity contribution in [3.63, 3.8) is 0 Å². The van der Waals surface area contributed by atoms with E-state index in [2.05, 4.69) is 21.2 Å². The number of hydrogen-bond acceptors (Lipinski definition) is 2. The Morgan fingerprint density at radius 1 is 1.25 bits per heavy atom. The van der Waals surface area contributed by atoms with Gasteiger partial charge in [-0.2, -0.15) is 0 Å². The molecule has 0 saturated heterocycles. The second-order valence-electron chi connectivity index (χ2n) is 4.76. The number of anilines is 1. The van der Waals surface area contributed by atoms with Gasteiger partial charge in [0, 0.05) is 10.4 Å². The van der Waals surface area contributed by atoms with Crippen LogP contribution in [-0.4, -0.2) is 17.0 Å². The van der Waals surface area contributed by atoms with Crippen LogP contribution >= 0.6 is 15.9 Å². The molecule has 4 nitrogen and oxygen atoms in total. The summed E-state index contributed by atoms with van der Waals surface area (Å²) in [6.07, 6.45) is 3.51. The molecule has 0 unspecified atom stereocenters. The molecule has 0 radical (unpaired) electrons. The van der Waals surface area contributed by atoms with Gasteiger partial charge in [-0.15, -0.1) is 0 Å². The second kappa shape index (κ2) is 8.04. The molecule has 1 aromatic rings. The molecule has 0 saturated carbocycles. The third-order valence-electron chi connectivity index (χ3n) is 3.11. The molecule has 0 heterocycles. The summed E-state index contributed by atoms with van der Waals surface area (Å²) in [4.78, 5) is 23.4. The summed E-state index contributed by atoms with van der Waals surface area (Å²) in [5.74, 6) is -1.21. The number of carbonyl (C=O) groups is 2. The minimum atomic E-state index is -1.05. The first-order chi connectivity index (χ1) is 9.49. The summed E-state index contributed by atoms with van der Waals surface area (Å²) in [6.45, 7) is 4.08. The Kier molecular flexibility index (Phi) is 6.71. The van der Waals surface area contributed by atoms with Crippen LogP contribution in [0.5, 0.6) is 0 Å². The largest absolute Gasteiger partial charge is 0.478 e. The van der Waals surface area contributed by atoms with Gasteiger partial charge < -0.3 is 10.4 Å². The van der Waals surface area contributed by atoms with Crippen LogP contribution in [0.1, 0.15) is 49.9 Å². The van der Waals surface area contributed by atoms with Gasteiger partial charge in [-0.25, -0.2) is 4.79 Å². The number of aromatic carboxylic acids is 1. The van der Waals surface area contributed by atoms with E-state index in [1.54, 1.807) is 12.1 Å². The lowest BCUT2D eigenvalue weighted by molar-refractivity contribution is -0.120. The van der Waals surface area contributed by atoms with Crippen molar-refractivity contribution < 1.29 is 14.7 Å². The van der Waals surface area contributed by atoms with Crippen molar-refractivity contribution in [1.29, 1.82) is 0 Å². The zero-order chi connectivity index (χ0) is 15.1. The number of carboxylic acid groups (broad SMARTS) is 1. The summed E-state index contributed by atoms with van der Waals surface area (Å²) in [7, 11) is 0. The number of nitrogens with one attached hydrogen (secondary N) is 1. The lowest BCUT2D eigenvalue weighted by Crippen LogP contribution is -2.23. The minimum absolute atomic E-state index is 0.0599. The topological polar surface area (TPSA) is 66.4 Å². The Morgan fingerprint density at radius 3 is 2.35 bits per heavy atom. The Balaban J connectivity index is 2.91. The maximum Gasteiger partial charge on any atom is 0.337 e. The number of rotatable bonds is 7. The number of carboxylic acids is 1. The lowest BCUT2D eigenvalue weighted by Gasteiger charge is -2.16. The number of hydrogen-bond donors (Lipinski definition) is 2. The normalized spacial score (nSPS) is 10.6. The molecule has 1 aromatic carbocycles. The van der Waals surface area contributed by atoms with Crippen molar-refractivity contribution >= 4 is 33.5 Å². The highest BCUT2D eigenvalue weighted by atomic mass is 79.9. The van der Waals surface area contributed by atoms with E-state index in [9.17, 15) is 14.7 Å². The third-order valence-corrected chi connectivity index (χ3v) is 3.61. The second-order valence-corrected chi connectivity index (χ2v) is 5.67. The number of halogens is 1. The van der Waals surface area contributed by atoms with E-state index >= 15 is 0 Å². The highest BCUT2D eigenvalue weighted by molar-refractivity contribution is 9.10. The average molecular weight is 342 g/mol. The average Bonchev–Trinajstić information content (AvgIpc) is 2.40. The van der Waals surface area contributed by atoms with Gasteiger partial charge in [0.25, 0.3) is 0 Å². The number of carbonyl (C=O) groups excluding carboxylic acids is 1. The van der Waals surface area contributed by atoms with E-state index in [1.807, 2.05) is 13.8 Å². The van der Waals surface area contributed by atoms with Crippen molar-refractivity contribution in [2.75, 3.05) is 5.32 Å². The molecular formula is C15H20BrNO3. The maximum atomic E-state index is 12.2. The van der Waals surface area contributed by atoms with Gasteiger partial charge in [-0.3, -0.25) is 4.79 Å². The molecule has 0 aliphatic heterocycles. The van der Waals surface area contributed by atoms with Crippen molar-refractivity contribution in [2.24, 2.45) is 5.92 Å². The van der Waals surface area contributed by atoms with E-state index in [0.29, 0.717) is 10.2 Å². The molecule has 0 spiro atoms. The van der Waals surface area contributed by atoms with Crippen LogP contribution in [0.4, 0.5) is 5.69 Å². The van der Waals surface area contributed by atoms with Gasteiger partial charge in [0.05, 0.1) is 11.3 Å². The highest BCUT2D eigenvalue weighted by Crippen LogP contribution is 2.23. The predicted molar refractivity (Wildman–Crippen MR) is 83.0 cm³/mol. The van der Waals surface area contributed by atoms with Crippen LogP contribution in [-0.2, 0) is 4.79 Å². The quantitative estimate of drug-likeness (QED) is 0.776. The molecule has 1 rings (SSSR count). The van der Waals surface area contributed by atoms with Crippen LogP contribution in [0.15, 0.2) is 22.7 Å². The zero-order valence-corrected chi connectivity index (χ0v) is 13.4. The van der Waals surface area contributed by atoms with E-state index < -0.39 is 5.97 Å². The van der Waals surface area contributed by atoms with Gasteiger partial charge >= 0.3 is 5.97 Å². The van der Waals surface area contributed by atoms with Gasteiger partial charge in [-0.1, -0.05) is 42.6 Å². The zero-order valence-electron chi connectivity index (χ0n) is 11.8. The van der Waals surface area contributed by atoms with Crippen LogP contribution < -0.4 is 5.32 Å². The van der Waals surface area contributed by atoms with Crippen molar-refractivity contribution in [1.82, 2.24) is 0 Å². The first-order valence-corrected chi connectivity index (χ1v) is 7.62. The summed E-state index contributed by atoms with van der Waals surface area (Å²) < 4.78 is 0.673. The number of benzene rings is 1. The monoisotopic (exact) mass is 341 g/mol. The summed E-state index contributed by atoms with van der Waals surface area (Å²) in [5, 5.41) is 11.9. The van der Waals surface area contributed by atoms with Gasteiger partial charge in [0.1, 0.15) is 0 Å². The summed E-state index contributed by atoms with van der Waals surface area (Å²) in [6, 6.07) is 4.82.